The fraction of sp³-hybridized carbons (Fsp3) is 0.200. The molecule has 0 saturated carbocycles. The van der Waals surface area contributed by atoms with Crippen molar-refractivity contribution in [3.8, 4) is 0 Å². The zero-order valence-corrected chi connectivity index (χ0v) is 18.0. The first-order valence-corrected chi connectivity index (χ1v) is 10.5. The number of hydrogen-bond donors (Lipinski definition) is 3. The van der Waals surface area contributed by atoms with Gasteiger partial charge in [0.05, 0.1) is 6.15 Å². The van der Waals surface area contributed by atoms with Crippen LogP contribution in [0.1, 0.15) is 26.7 Å². The average molecular weight is 400 g/mol. The molecule has 3 aromatic carbocycles. The summed E-state index contributed by atoms with van der Waals surface area (Å²) in [5.41, 5.74) is 14.3. The number of benzene rings is 3. The summed E-state index contributed by atoms with van der Waals surface area (Å²) in [5.74, 6) is 0.375. The van der Waals surface area contributed by atoms with E-state index in [-0.39, 0.29) is 5.96 Å². The highest BCUT2D eigenvalue weighted by Crippen LogP contribution is 2.16. The number of hydrogen-bond acceptors (Lipinski definition) is 0. The van der Waals surface area contributed by atoms with Gasteiger partial charge in [0.2, 0.25) is 0 Å². The monoisotopic (exact) mass is 400 g/mol. The highest BCUT2D eigenvalue weighted by Gasteiger charge is 2.28. The molecular weight excluding hydrogens is 367 g/mol. The minimum atomic E-state index is -0.913. The first-order chi connectivity index (χ1) is 14.5. The molecule has 5 heteroatoms. The molecule has 0 unspecified atom stereocenters. The molecule has 0 aromatic heterocycles. The zero-order valence-electron chi connectivity index (χ0n) is 18.0. The van der Waals surface area contributed by atoms with E-state index < -0.39 is 6.15 Å². The fourth-order valence-corrected chi connectivity index (χ4v) is 4.14. The van der Waals surface area contributed by atoms with Gasteiger partial charge in [0.25, 0.3) is 0 Å². The Balaban J connectivity index is 0.000000396. The van der Waals surface area contributed by atoms with Crippen LogP contribution >= 0.6 is 0 Å². The first kappa shape index (κ1) is 22.9. The lowest BCUT2D eigenvalue weighted by atomic mass is 9.14. The van der Waals surface area contributed by atoms with Gasteiger partial charge in [0.1, 0.15) is 0 Å². The van der Waals surface area contributed by atoms with Gasteiger partial charge < -0.3 is 5.73 Å². The van der Waals surface area contributed by atoms with Crippen molar-refractivity contribution in [1.29, 1.82) is 0 Å². The Hall–Kier alpha value is -3.34. The van der Waals surface area contributed by atoms with Crippen molar-refractivity contribution in [2.75, 3.05) is 0 Å². The number of nitrogens with zero attached hydrogens (tertiary/aromatic N) is 1. The lowest BCUT2D eigenvalue weighted by molar-refractivity contribution is -0.116. The van der Waals surface area contributed by atoms with Gasteiger partial charge in [-0.3, -0.25) is 11.1 Å². The summed E-state index contributed by atoms with van der Waals surface area (Å²) in [4.78, 5) is 3.44. The molecule has 3 rings (SSSR count). The predicted octanol–water partition coefficient (Wildman–Crippen LogP) is 1.39. The molecule has 0 amide bonds. The summed E-state index contributed by atoms with van der Waals surface area (Å²) in [5, 5.41) is 4.92. The Morgan fingerprint density at radius 2 is 1.13 bits per heavy atom. The molecule has 156 valence electrons. The molecule has 0 radical (unpaired) electrons. The van der Waals surface area contributed by atoms with E-state index in [1.807, 2.05) is 0 Å². The van der Waals surface area contributed by atoms with Crippen molar-refractivity contribution in [1.82, 2.24) is 0 Å². The van der Waals surface area contributed by atoms with Gasteiger partial charge >= 0.3 is 5.96 Å². The molecule has 3 aromatic rings. The summed E-state index contributed by atoms with van der Waals surface area (Å²) < 4.78 is 0. The second-order valence-corrected chi connectivity index (χ2v) is 7.60. The highest BCUT2D eigenvalue weighted by molar-refractivity contribution is 7.11. The Morgan fingerprint density at radius 3 is 1.37 bits per heavy atom. The average Bonchev–Trinajstić information content (AvgIpc) is 2.76. The van der Waals surface area contributed by atoms with Crippen LogP contribution in [0, 0.1) is 0 Å². The van der Waals surface area contributed by atoms with E-state index >= 15 is 0 Å². The van der Waals surface area contributed by atoms with Crippen molar-refractivity contribution in [3.05, 3.63) is 91.0 Å². The standard InChI is InChI=1S/C22H24B.C3H8N4/c1-2-3-19-23(20-13-7-4-8-14-20,21-15-9-5-10-16-21)22-17-11-6-12-18-22;1-2(4)7-3(5)6/h4-18H,2-3,19H2,1H3;1H3,(H5,4,5,6,7)/q-1;/p+1. The van der Waals surface area contributed by atoms with E-state index in [9.17, 15) is 0 Å². The van der Waals surface area contributed by atoms with Crippen LogP contribution in [0.5, 0.6) is 0 Å². The van der Waals surface area contributed by atoms with E-state index in [4.69, 9.17) is 16.9 Å². The van der Waals surface area contributed by atoms with Crippen LogP contribution in [-0.4, -0.2) is 17.9 Å². The molecule has 4 nitrogen and oxygen atoms in total. The molecule has 0 aliphatic carbocycles. The quantitative estimate of drug-likeness (QED) is 0.332. The molecule has 0 fully saturated rings. The third kappa shape index (κ3) is 6.08. The molecule has 0 heterocycles. The van der Waals surface area contributed by atoms with E-state index in [1.54, 1.807) is 6.92 Å². The van der Waals surface area contributed by atoms with Gasteiger partial charge in [-0.2, -0.15) is 22.7 Å². The lowest BCUT2D eigenvalue weighted by Gasteiger charge is -2.43. The van der Waals surface area contributed by atoms with E-state index in [2.05, 4.69) is 103 Å². The van der Waals surface area contributed by atoms with E-state index in [1.165, 1.54) is 35.6 Å². The van der Waals surface area contributed by atoms with Crippen molar-refractivity contribution >= 4 is 34.3 Å². The summed E-state index contributed by atoms with van der Waals surface area (Å²) in [7, 11) is 0. The Bertz CT molecular complexity index is 824. The number of aliphatic imine (C=N–C) groups is 1. The molecule has 0 spiro atoms. The van der Waals surface area contributed by atoms with Crippen LogP contribution in [0.4, 0.5) is 0 Å². The molecule has 0 atom stereocenters. The maximum absolute atomic E-state index is 5.06. The maximum Gasteiger partial charge on any atom is 0.381 e. The highest BCUT2D eigenvalue weighted by atomic mass is 15.0. The minimum Gasteiger partial charge on any atom is -0.374 e. The van der Waals surface area contributed by atoms with Gasteiger partial charge in [-0.25, -0.2) is 0 Å². The molecule has 0 aliphatic rings. The number of nitrogens with two attached hydrogens (primary N) is 3. The first-order valence-electron chi connectivity index (χ1n) is 10.5. The summed E-state index contributed by atoms with van der Waals surface area (Å²) >= 11 is 0. The fourth-order valence-electron chi connectivity index (χ4n) is 4.14. The van der Waals surface area contributed by atoms with E-state index in [0.29, 0.717) is 5.84 Å². The third-order valence-corrected chi connectivity index (χ3v) is 5.40. The van der Waals surface area contributed by atoms with Crippen LogP contribution in [0.2, 0.25) is 6.32 Å². The molecule has 0 bridgehead atoms. The largest absolute Gasteiger partial charge is 0.381 e. The van der Waals surface area contributed by atoms with Crippen molar-refractivity contribution in [2.45, 2.75) is 33.0 Å². The van der Waals surface area contributed by atoms with Crippen molar-refractivity contribution < 1.29 is 5.41 Å². The second-order valence-electron chi connectivity index (χ2n) is 7.60. The van der Waals surface area contributed by atoms with Crippen molar-refractivity contribution in [2.24, 2.45) is 16.5 Å². The zero-order chi connectivity index (χ0) is 21.8. The van der Waals surface area contributed by atoms with Crippen LogP contribution in [0.15, 0.2) is 96.0 Å². The molecule has 6 N–H and O–H groups in total. The van der Waals surface area contributed by atoms with Crippen LogP contribution in [0.25, 0.3) is 0 Å². The van der Waals surface area contributed by atoms with Gasteiger partial charge in [-0.15, -0.1) is 0 Å². The molecular formula is C25H33BN4. The number of amidine groups is 1. The lowest BCUT2D eigenvalue weighted by Crippen LogP contribution is -2.66. The summed E-state index contributed by atoms with van der Waals surface area (Å²) in [6, 6.07) is 33.2. The Morgan fingerprint density at radius 1 is 0.767 bits per heavy atom. The molecule has 0 saturated heterocycles. The normalized spacial score (nSPS) is 11.3. The summed E-state index contributed by atoms with van der Waals surface area (Å²) in [6.45, 7) is 3.89. The topological polar surface area (TPSA) is 90.0 Å². The van der Waals surface area contributed by atoms with E-state index in [0.717, 1.165) is 0 Å². The van der Waals surface area contributed by atoms with Gasteiger partial charge in [0, 0.05) is 6.92 Å². The van der Waals surface area contributed by atoms with Crippen LogP contribution < -0.4 is 33.3 Å². The SMILES string of the molecule is CC(N)=NC(N)=[NH2+].CCCC[B-](c1ccccc1)(c1ccccc1)c1ccccc1. The van der Waals surface area contributed by atoms with Crippen LogP contribution in [-0.2, 0) is 0 Å². The number of rotatable bonds is 6. The second kappa shape index (κ2) is 11.6. The van der Waals surface area contributed by atoms with Gasteiger partial charge in [-0.05, 0) is 0 Å². The maximum atomic E-state index is 5.06. The van der Waals surface area contributed by atoms with Crippen molar-refractivity contribution in [3.63, 3.8) is 0 Å². The van der Waals surface area contributed by atoms with Gasteiger partial charge in [-0.1, -0.05) is 116 Å². The van der Waals surface area contributed by atoms with Crippen LogP contribution in [0.3, 0.4) is 0 Å². The minimum absolute atomic E-state index is 0.000000000000000222. The molecule has 30 heavy (non-hydrogen) atoms. The van der Waals surface area contributed by atoms with Gasteiger partial charge in [0.15, 0.2) is 5.84 Å². The Kier molecular flexibility index (Phi) is 8.88. The summed E-state index contributed by atoms with van der Waals surface area (Å²) in [6.07, 6.45) is 2.73. The number of guanidine groups is 1. The third-order valence-electron chi connectivity index (χ3n) is 5.40. The predicted molar refractivity (Wildman–Crippen MR) is 132 cm³/mol. The Labute approximate surface area is 180 Å². The molecule has 0 aliphatic heterocycles. The number of unbranched alkanes of at least 4 members (excludes halogenated alkanes) is 1. The smallest absolute Gasteiger partial charge is 0.374 e.